The Balaban J connectivity index is 2.92. The number of hydrogen-bond acceptors (Lipinski definition) is 3. The van der Waals surface area contributed by atoms with Crippen LogP contribution >= 0.6 is 0 Å². The summed E-state index contributed by atoms with van der Waals surface area (Å²) in [5, 5.41) is 2.98. The monoisotopic (exact) mass is 230 g/mol. The minimum absolute atomic E-state index is 0.114. The Morgan fingerprint density at radius 3 is 2.62 bits per heavy atom. The summed E-state index contributed by atoms with van der Waals surface area (Å²) < 4.78 is 31.6. The Morgan fingerprint density at radius 1 is 1.38 bits per heavy atom. The number of hydrogen-bond donors (Lipinski definition) is 2. The van der Waals surface area contributed by atoms with Gasteiger partial charge in [0.05, 0.1) is 7.11 Å². The number of likely N-dealkylation sites (N-methyl/N-ethyl adjacent to an activating group) is 1. The second-order valence-electron chi connectivity index (χ2n) is 3.42. The fraction of sp³-hybridized carbons (Fsp3) is 0.455. The summed E-state index contributed by atoms with van der Waals surface area (Å²) in [6.45, 7) is 3.05. The molecule has 0 aromatic heterocycles. The van der Waals surface area contributed by atoms with Crippen molar-refractivity contribution in [2.75, 3.05) is 20.2 Å². The number of methoxy groups -OCH3 is 1. The lowest BCUT2D eigenvalue weighted by molar-refractivity contribution is 0.381. The molecule has 1 aromatic rings. The van der Waals surface area contributed by atoms with Crippen molar-refractivity contribution in [1.29, 1.82) is 0 Å². The first-order valence-electron chi connectivity index (χ1n) is 5.09. The summed E-state index contributed by atoms with van der Waals surface area (Å²) in [6.07, 6.45) is 0. The van der Waals surface area contributed by atoms with E-state index in [4.69, 9.17) is 5.73 Å². The summed E-state index contributed by atoms with van der Waals surface area (Å²) in [4.78, 5) is 0. The first kappa shape index (κ1) is 12.9. The predicted molar refractivity (Wildman–Crippen MR) is 58.4 cm³/mol. The van der Waals surface area contributed by atoms with E-state index in [0.717, 1.165) is 18.7 Å². The van der Waals surface area contributed by atoms with Gasteiger partial charge in [0.2, 0.25) is 0 Å². The summed E-state index contributed by atoms with van der Waals surface area (Å²) in [5.74, 6) is -1.27. The SMILES string of the molecule is CCNCC(N)c1cc(F)c(OC)cc1F. The highest BCUT2D eigenvalue weighted by atomic mass is 19.1. The van der Waals surface area contributed by atoms with Crippen molar-refractivity contribution in [3.05, 3.63) is 29.3 Å². The Bertz CT molecular complexity index is 358. The first-order chi connectivity index (χ1) is 7.60. The van der Waals surface area contributed by atoms with Crippen molar-refractivity contribution in [2.45, 2.75) is 13.0 Å². The molecule has 0 spiro atoms. The van der Waals surface area contributed by atoms with Crippen LogP contribution in [0.1, 0.15) is 18.5 Å². The molecule has 16 heavy (non-hydrogen) atoms. The Kier molecular flexibility index (Phi) is 4.64. The van der Waals surface area contributed by atoms with Gasteiger partial charge in [-0.05, 0) is 12.6 Å². The van der Waals surface area contributed by atoms with Gasteiger partial charge in [-0.1, -0.05) is 6.92 Å². The third-order valence-corrected chi connectivity index (χ3v) is 2.28. The molecule has 1 atom stereocenters. The molecule has 0 aliphatic carbocycles. The number of ether oxygens (including phenoxy) is 1. The maximum atomic E-state index is 13.5. The Hall–Kier alpha value is -1.20. The molecule has 0 amide bonds. The van der Waals surface area contributed by atoms with Crippen LogP contribution in [0, 0.1) is 11.6 Å². The van der Waals surface area contributed by atoms with Crippen molar-refractivity contribution < 1.29 is 13.5 Å². The second kappa shape index (κ2) is 5.77. The topological polar surface area (TPSA) is 47.3 Å². The van der Waals surface area contributed by atoms with E-state index >= 15 is 0 Å². The van der Waals surface area contributed by atoms with Crippen molar-refractivity contribution in [1.82, 2.24) is 5.32 Å². The van der Waals surface area contributed by atoms with Crippen molar-refractivity contribution in [3.63, 3.8) is 0 Å². The summed E-state index contributed by atoms with van der Waals surface area (Å²) in [7, 11) is 1.29. The summed E-state index contributed by atoms with van der Waals surface area (Å²) >= 11 is 0. The molecule has 1 unspecified atom stereocenters. The molecule has 0 radical (unpaired) electrons. The van der Waals surface area contributed by atoms with E-state index in [-0.39, 0.29) is 11.3 Å². The van der Waals surface area contributed by atoms with E-state index in [2.05, 4.69) is 10.1 Å². The molecule has 0 saturated carbocycles. The third kappa shape index (κ3) is 2.90. The number of nitrogens with one attached hydrogen (secondary N) is 1. The average Bonchev–Trinajstić information content (AvgIpc) is 2.28. The van der Waals surface area contributed by atoms with Crippen LogP contribution in [0.5, 0.6) is 5.75 Å². The van der Waals surface area contributed by atoms with E-state index in [1.807, 2.05) is 6.92 Å². The molecule has 0 fully saturated rings. The molecule has 0 aliphatic rings. The first-order valence-corrected chi connectivity index (χ1v) is 5.09. The van der Waals surface area contributed by atoms with Crippen LogP contribution in [0.3, 0.4) is 0 Å². The number of benzene rings is 1. The normalized spacial score (nSPS) is 12.6. The minimum Gasteiger partial charge on any atom is -0.494 e. The van der Waals surface area contributed by atoms with Gasteiger partial charge in [-0.25, -0.2) is 8.78 Å². The number of rotatable bonds is 5. The van der Waals surface area contributed by atoms with Crippen LogP contribution in [0.15, 0.2) is 12.1 Å². The van der Waals surface area contributed by atoms with E-state index in [1.165, 1.54) is 7.11 Å². The minimum atomic E-state index is -0.606. The maximum Gasteiger partial charge on any atom is 0.165 e. The van der Waals surface area contributed by atoms with Gasteiger partial charge < -0.3 is 15.8 Å². The predicted octanol–water partition coefficient (Wildman–Crippen LogP) is 1.58. The molecule has 0 heterocycles. The van der Waals surface area contributed by atoms with E-state index < -0.39 is 17.7 Å². The molecular weight excluding hydrogens is 214 g/mol. The highest BCUT2D eigenvalue weighted by molar-refractivity contribution is 5.32. The zero-order valence-electron chi connectivity index (χ0n) is 9.39. The van der Waals surface area contributed by atoms with Gasteiger partial charge in [0.25, 0.3) is 0 Å². The number of nitrogens with two attached hydrogens (primary N) is 1. The van der Waals surface area contributed by atoms with Crippen LogP contribution in [0.25, 0.3) is 0 Å². The van der Waals surface area contributed by atoms with E-state index in [1.54, 1.807) is 0 Å². The quantitative estimate of drug-likeness (QED) is 0.807. The molecule has 3 N–H and O–H groups in total. The van der Waals surface area contributed by atoms with Gasteiger partial charge in [-0.2, -0.15) is 0 Å². The van der Waals surface area contributed by atoms with Gasteiger partial charge >= 0.3 is 0 Å². The molecule has 0 saturated heterocycles. The number of halogens is 2. The lowest BCUT2D eigenvalue weighted by atomic mass is 10.1. The van der Waals surface area contributed by atoms with E-state index in [9.17, 15) is 8.78 Å². The van der Waals surface area contributed by atoms with Crippen LogP contribution in [0.4, 0.5) is 8.78 Å². The molecule has 90 valence electrons. The van der Waals surface area contributed by atoms with Crippen LogP contribution < -0.4 is 15.8 Å². The summed E-state index contributed by atoms with van der Waals surface area (Å²) in [6, 6.07) is 1.52. The second-order valence-corrected chi connectivity index (χ2v) is 3.42. The largest absolute Gasteiger partial charge is 0.494 e. The van der Waals surface area contributed by atoms with Crippen molar-refractivity contribution >= 4 is 0 Å². The Labute approximate surface area is 93.6 Å². The zero-order chi connectivity index (χ0) is 12.1. The van der Waals surface area contributed by atoms with Gasteiger partial charge in [-0.15, -0.1) is 0 Å². The molecule has 3 nitrogen and oxygen atoms in total. The average molecular weight is 230 g/mol. The maximum absolute atomic E-state index is 13.5. The van der Waals surface area contributed by atoms with Crippen LogP contribution in [0.2, 0.25) is 0 Å². The smallest absolute Gasteiger partial charge is 0.165 e. The fourth-order valence-corrected chi connectivity index (χ4v) is 1.39. The summed E-state index contributed by atoms with van der Waals surface area (Å²) in [5.41, 5.74) is 5.88. The van der Waals surface area contributed by atoms with Gasteiger partial charge in [-0.3, -0.25) is 0 Å². The molecule has 5 heteroatoms. The van der Waals surface area contributed by atoms with Gasteiger partial charge in [0.15, 0.2) is 11.6 Å². The lowest BCUT2D eigenvalue weighted by Gasteiger charge is -2.14. The molecule has 1 rings (SSSR count). The molecular formula is C11H16F2N2O. The third-order valence-electron chi connectivity index (χ3n) is 2.28. The highest BCUT2D eigenvalue weighted by Crippen LogP contribution is 2.24. The molecule has 1 aromatic carbocycles. The van der Waals surface area contributed by atoms with Crippen LogP contribution in [-0.4, -0.2) is 20.2 Å². The van der Waals surface area contributed by atoms with Gasteiger partial charge in [0, 0.05) is 24.2 Å². The standard InChI is InChI=1S/C11H16F2N2O/c1-3-15-6-10(14)7-4-9(13)11(16-2)5-8(7)12/h4-5,10,15H,3,6,14H2,1-2H3. The van der Waals surface area contributed by atoms with Crippen molar-refractivity contribution in [2.24, 2.45) is 5.73 Å². The van der Waals surface area contributed by atoms with Crippen molar-refractivity contribution in [3.8, 4) is 5.75 Å². The zero-order valence-corrected chi connectivity index (χ0v) is 9.39. The molecule has 0 aliphatic heterocycles. The van der Waals surface area contributed by atoms with E-state index in [0.29, 0.717) is 6.54 Å². The van der Waals surface area contributed by atoms with Gasteiger partial charge in [0.1, 0.15) is 5.82 Å². The molecule has 0 bridgehead atoms. The Morgan fingerprint density at radius 2 is 2.06 bits per heavy atom. The highest BCUT2D eigenvalue weighted by Gasteiger charge is 2.15. The lowest BCUT2D eigenvalue weighted by Crippen LogP contribution is -2.27. The van der Waals surface area contributed by atoms with Crippen LogP contribution in [-0.2, 0) is 0 Å². The fourth-order valence-electron chi connectivity index (χ4n) is 1.39.